The van der Waals surface area contributed by atoms with Gasteiger partial charge in [-0.05, 0) is 43.2 Å². The first kappa shape index (κ1) is 14.4. The fourth-order valence-electron chi connectivity index (χ4n) is 2.84. The molecule has 1 amide bonds. The number of carbonyl (C=O) groups is 1. The second-order valence-electron chi connectivity index (χ2n) is 5.59. The van der Waals surface area contributed by atoms with Crippen LogP contribution in [0.1, 0.15) is 40.4 Å². The number of nitrogens with one attached hydrogen (secondary N) is 1. The van der Waals surface area contributed by atoms with E-state index in [1.807, 2.05) is 39.0 Å². The minimum Gasteiger partial charge on any atom is -0.466 e. The predicted molar refractivity (Wildman–Crippen MR) is 88.0 cm³/mol. The van der Waals surface area contributed by atoms with Gasteiger partial charge in [0.25, 0.3) is 5.91 Å². The first-order chi connectivity index (χ1) is 10.6. The molecule has 0 bridgehead atoms. The molecular formula is C19H19NO2. The third-order valence-corrected chi connectivity index (χ3v) is 3.92. The van der Waals surface area contributed by atoms with Crippen molar-refractivity contribution in [2.45, 2.75) is 26.8 Å². The third kappa shape index (κ3) is 2.62. The van der Waals surface area contributed by atoms with E-state index in [1.54, 1.807) is 6.07 Å². The lowest BCUT2D eigenvalue weighted by Crippen LogP contribution is -2.26. The normalized spacial score (nSPS) is 12.3. The number of aryl methyl sites for hydroxylation is 2. The number of furan rings is 1. The van der Waals surface area contributed by atoms with E-state index in [-0.39, 0.29) is 11.9 Å². The van der Waals surface area contributed by atoms with Crippen LogP contribution in [-0.4, -0.2) is 5.91 Å². The SMILES string of the molecule is Cc1cc(C(=O)NC(C)c2cccc3ccccc23)c(C)o1. The van der Waals surface area contributed by atoms with Gasteiger partial charge in [0.05, 0.1) is 11.6 Å². The maximum Gasteiger partial charge on any atom is 0.255 e. The summed E-state index contributed by atoms with van der Waals surface area (Å²) >= 11 is 0. The summed E-state index contributed by atoms with van der Waals surface area (Å²) in [6, 6.07) is 16.1. The Balaban J connectivity index is 1.89. The number of hydrogen-bond acceptors (Lipinski definition) is 2. The molecule has 1 heterocycles. The average Bonchev–Trinajstić information content (AvgIpc) is 2.85. The van der Waals surface area contributed by atoms with Gasteiger partial charge >= 0.3 is 0 Å². The summed E-state index contributed by atoms with van der Waals surface area (Å²) in [5.41, 5.74) is 1.72. The van der Waals surface area contributed by atoms with Gasteiger partial charge in [0.1, 0.15) is 11.5 Å². The molecule has 22 heavy (non-hydrogen) atoms. The highest BCUT2D eigenvalue weighted by molar-refractivity contribution is 5.96. The van der Waals surface area contributed by atoms with Crippen molar-refractivity contribution in [1.29, 1.82) is 0 Å². The van der Waals surface area contributed by atoms with Crippen molar-refractivity contribution >= 4 is 16.7 Å². The predicted octanol–water partition coefficient (Wildman–Crippen LogP) is 4.54. The van der Waals surface area contributed by atoms with Gasteiger partial charge in [0.2, 0.25) is 0 Å². The van der Waals surface area contributed by atoms with Crippen molar-refractivity contribution in [3.05, 3.63) is 71.2 Å². The van der Waals surface area contributed by atoms with E-state index in [1.165, 1.54) is 5.39 Å². The van der Waals surface area contributed by atoms with Crippen LogP contribution < -0.4 is 5.32 Å². The summed E-state index contributed by atoms with van der Waals surface area (Å²) in [6.45, 7) is 5.66. The molecule has 1 atom stereocenters. The maximum absolute atomic E-state index is 12.4. The molecule has 0 spiro atoms. The van der Waals surface area contributed by atoms with Gasteiger partial charge in [-0.1, -0.05) is 42.5 Å². The number of amides is 1. The highest BCUT2D eigenvalue weighted by Gasteiger charge is 2.17. The molecule has 3 aromatic rings. The van der Waals surface area contributed by atoms with Crippen molar-refractivity contribution in [3.63, 3.8) is 0 Å². The minimum atomic E-state index is -0.102. The fourth-order valence-corrected chi connectivity index (χ4v) is 2.84. The molecule has 2 aromatic carbocycles. The van der Waals surface area contributed by atoms with Crippen molar-refractivity contribution in [1.82, 2.24) is 5.32 Å². The Hall–Kier alpha value is -2.55. The van der Waals surface area contributed by atoms with E-state index in [9.17, 15) is 4.79 Å². The molecule has 1 unspecified atom stereocenters. The monoisotopic (exact) mass is 293 g/mol. The summed E-state index contributed by atoms with van der Waals surface area (Å²) in [5.74, 6) is 1.30. The molecule has 112 valence electrons. The molecule has 0 saturated carbocycles. The van der Waals surface area contributed by atoms with Crippen LogP contribution in [0.3, 0.4) is 0 Å². The first-order valence-corrected chi connectivity index (χ1v) is 7.42. The van der Waals surface area contributed by atoms with Gasteiger partial charge in [-0.2, -0.15) is 0 Å². The molecule has 1 aromatic heterocycles. The summed E-state index contributed by atoms with van der Waals surface area (Å²) in [5, 5.41) is 5.40. The zero-order valence-electron chi connectivity index (χ0n) is 13.0. The minimum absolute atomic E-state index is 0.0757. The van der Waals surface area contributed by atoms with Crippen LogP contribution in [-0.2, 0) is 0 Å². The van der Waals surface area contributed by atoms with E-state index in [4.69, 9.17) is 4.42 Å². The molecular weight excluding hydrogens is 274 g/mol. The summed E-state index contributed by atoms with van der Waals surface area (Å²) in [7, 11) is 0. The van der Waals surface area contributed by atoms with Gasteiger partial charge in [-0.15, -0.1) is 0 Å². The first-order valence-electron chi connectivity index (χ1n) is 7.42. The highest BCUT2D eigenvalue weighted by Crippen LogP contribution is 2.24. The van der Waals surface area contributed by atoms with Crippen LogP contribution in [0.5, 0.6) is 0 Å². The van der Waals surface area contributed by atoms with Crippen molar-refractivity contribution in [2.24, 2.45) is 0 Å². The lowest BCUT2D eigenvalue weighted by atomic mass is 9.99. The molecule has 1 N–H and O–H groups in total. The van der Waals surface area contributed by atoms with Crippen LogP contribution in [0.2, 0.25) is 0 Å². The molecule has 0 fully saturated rings. The molecule has 0 aliphatic rings. The number of hydrogen-bond donors (Lipinski definition) is 1. The van der Waals surface area contributed by atoms with Gasteiger partial charge in [-0.25, -0.2) is 0 Å². The second-order valence-corrected chi connectivity index (χ2v) is 5.59. The van der Waals surface area contributed by atoms with E-state index in [2.05, 4.69) is 29.6 Å². The lowest BCUT2D eigenvalue weighted by molar-refractivity contribution is 0.0938. The molecule has 0 aliphatic heterocycles. The van der Waals surface area contributed by atoms with Crippen LogP contribution >= 0.6 is 0 Å². The van der Waals surface area contributed by atoms with Crippen LogP contribution in [0.25, 0.3) is 10.8 Å². The molecule has 3 rings (SSSR count). The fraction of sp³-hybridized carbons (Fsp3) is 0.211. The molecule has 3 nitrogen and oxygen atoms in total. The van der Waals surface area contributed by atoms with Crippen molar-refractivity contribution < 1.29 is 9.21 Å². The Morgan fingerprint density at radius 2 is 1.82 bits per heavy atom. The Morgan fingerprint density at radius 1 is 1.09 bits per heavy atom. The van der Waals surface area contributed by atoms with Gasteiger partial charge in [-0.3, -0.25) is 4.79 Å². The number of benzene rings is 2. The van der Waals surface area contributed by atoms with Crippen LogP contribution in [0, 0.1) is 13.8 Å². The maximum atomic E-state index is 12.4. The molecule has 0 saturated heterocycles. The van der Waals surface area contributed by atoms with E-state index in [0.717, 1.165) is 16.7 Å². The number of fused-ring (bicyclic) bond motifs is 1. The number of carbonyl (C=O) groups excluding carboxylic acids is 1. The van der Waals surface area contributed by atoms with Gasteiger partial charge in [0.15, 0.2) is 0 Å². The Bertz CT molecular complexity index is 827. The quantitative estimate of drug-likeness (QED) is 0.770. The Labute approximate surface area is 130 Å². The summed E-state index contributed by atoms with van der Waals surface area (Å²) < 4.78 is 5.43. The Kier molecular flexibility index (Phi) is 3.72. The average molecular weight is 293 g/mol. The lowest BCUT2D eigenvalue weighted by Gasteiger charge is -2.16. The van der Waals surface area contributed by atoms with E-state index in [0.29, 0.717) is 11.3 Å². The zero-order valence-corrected chi connectivity index (χ0v) is 13.0. The van der Waals surface area contributed by atoms with E-state index >= 15 is 0 Å². The van der Waals surface area contributed by atoms with Crippen LogP contribution in [0.15, 0.2) is 52.9 Å². The Morgan fingerprint density at radius 3 is 2.55 bits per heavy atom. The van der Waals surface area contributed by atoms with Gasteiger partial charge in [0, 0.05) is 0 Å². The summed E-state index contributed by atoms with van der Waals surface area (Å²) in [4.78, 5) is 12.4. The molecule has 3 heteroatoms. The van der Waals surface area contributed by atoms with Crippen molar-refractivity contribution in [3.8, 4) is 0 Å². The third-order valence-electron chi connectivity index (χ3n) is 3.92. The standard InChI is InChI=1S/C19H19NO2/c1-12-11-18(14(3)22-12)19(21)20-13(2)16-10-6-8-15-7-4-5-9-17(15)16/h4-11,13H,1-3H3,(H,20,21). The van der Waals surface area contributed by atoms with E-state index < -0.39 is 0 Å². The van der Waals surface area contributed by atoms with Crippen molar-refractivity contribution in [2.75, 3.05) is 0 Å². The van der Waals surface area contributed by atoms with Gasteiger partial charge < -0.3 is 9.73 Å². The number of rotatable bonds is 3. The largest absolute Gasteiger partial charge is 0.466 e. The molecule has 0 aliphatic carbocycles. The second kappa shape index (κ2) is 5.68. The topological polar surface area (TPSA) is 42.2 Å². The smallest absolute Gasteiger partial charge is 0.255 e. The highest BCUT2D eigenvalue weighted by atomic mass is 16.3. The van der Waals surface area contributed by atoms with Crippen LogP contribution in [0.4, 0.5) is 0 Å². The molecule has 0 radical (unpaired) electrons. The zero-order chi connectivity index (χ0) is 15.7. The summed E-state index contributed by atoms with van der Waals surface area (Å²) in [6.07, 6.45) is 0.